The largest absolute Gasteiger partial charge is 0.462 e. The van der Waals surface area contributed by atoms with Gasteiger partial charge < -0.3 is 4.74 Å². The second-order valence-electron chi connectivity index (χ2n) is 7.36. The minimum Gasteiger partial charge on any atom is -0.462 e. The van der Waals surface area contributed by atoms with Crippen LogP contribution in [0.4, 0.5) is 13.2 Å². The fourth-order valence-electron chi connectivity index (χ4n) is 3.24. The number of carbonyl (C=O) groups excluding carboxylic acids is 1. The molecule has 0 radical (unpaired) electrons. The van der Waals surface area contributed by atoms with Gasteiger partial charge in [0.15, 0.2) is 0 Å². The summed E-state index contributed by atoms with van der Waals surface area (Å²) in [7, 11) is 0. The van der Waals surface area contributed by atoms with Crippen molar-refractivity contribution in [3.8, 4) is 11.3 Å². The lowest BCUT2D eigenvalue weighted by Gasteiger charge is -2.10. The van der Waals surface area contributed by atoms with Crippen LogP contribution in [0.25, 0.3) is 23.4 Å². The zero-order chi connectivity index (χ0) is 24.1. The van der Waals surface area contributed by atoms with E-state index in [9.17, 15) is 18.0 Å². The highest BCUT2D eigenvalue weighted by molar-refractivity contribution is 7.09. The second-order valence-corrected chi connectivity index (χ2v) is 8.30. The smallest absolute Gasteiger partial charge is 0.416 e. The maximum atomic E-state index is 13.6. The molecule has 0 amide bonds. The monoisotopic (exact) mass is 483 g/mol. The van der Waals surface area contributed by atoms with Crippen LogP contribution in [0.2, 0.25) is 0 Å². The van der Waals surface area contributed by atoms with Gasteiger partial charge in [0, 0.05) is 17.1 Å². The summed E-state index contributed by atoms with van der Waals surface area (Å²) in [5, 5.41) is 6.49. The van der Waals surface area contributed by atoms with E-state index in [4.69, 9.17) is 4.74 Å². The molecule has 5 nitrogen and oxygen atoms in total. The van der Waals surface area contributed by atoms with Crippen LogP contribution >= 0.6 is 11.3 Å². The van der Waals surface area contributed by atoms with Gasteiger partial charge in [0.2, 0.25) is 0 Å². The molecule has 2 aromatic heterocycles. The molecule has 0 atom stereocenters. The molecule has 4 rings (SSSR count). The number of halogens is 3. The summed E-state index contributed by atoms with van der Waals surface area (Å²) < 4.78 is 47.1. The quantitative estimate of drug-likeness (QED) is 0.225. The number of ether oxygens (including phenoxy) is 1. The van der Waals surface area contributed by atoms with Gasteiger partial charge in [-0.1, -0.05) is 42.5 Å². The normalized spacial score (nSPS) is 11.8. The van der Waals surface area contributed by atoms with Gasteiger partial charge >= 0.3 is 12.1 Å². The Labute approximate surface area is 198 Å². The van der Waals surface area contributed by atoms with E-state index in [1.54, 1.807) is 36.7 Å². The molecule has 0 aliphatic rings. The Balaban J connectivity index is 1.59. The summed E-state index contributed by atoms with van der Waals surface area (Å²) >= 11 is 1.31. The predicted octanol–water partition coefficient (Wildman–Crippen LogP) is 6.42. The molecule has 0 bridgehead atoms. The highest BCUT2D eigenvalue weighted by Gasteiger charge is 2.31. The third-order valence-corrected chi connectivity index (χ3v) is 5.67. The van der Waals surface area contributed by atoms with Crippen LogP contribution in [0.3, 0.4) is 0 Å². The van der Waals surface area contributed by atoms with Crippen molar-refractivity contribution in [1.29, 1.82) is 0 Å². The minimum absolute atomic E-state index is 0.263. The van der Waals surface area contributed by atoms with Crippen molar-refractivity contribution in [3.05, 3.63) is 93.6 Å². The van der Waals surface area contributed by atoms with E-state index in [2.05, 4.69) is 10.1 Å². The van der Waals surface area contributed by atoms with E-state index in [1.807, 2.05) is 30.3 Å². The van der Waals surface area contributed by atoms with Crippen LogP contribution in [0.1, 0.15) is 39.0 Å². The van der Waals surface area contributed by atoms with Gasteiger partial charge in [-0.2, -0.15) is 18.3 Å². The van der Waals surface area contributed by atoms with Crippen molar-refractivity contribution in [2.24, 2.45) is 0 Å². The van der Waals surface area contributed by atoms with Crippen LogP contribution in [0.5, 0.6) is 0 Å². The van der Waals surface area contributed by atoms with Gasteiger partial charge in [-0.3, -0.25) is 4.68 Å². The number of carbonyl (C=O) groups is 1. The van der Waals surface area contributed by atoms with Crippen molar-refractivity contribution >= 4 is 29.5 Å². The first-order chi connectivity index (χ1) is 16.3. The fourth-order valence-corrected chi connectivity index (χ4v) is 4.03. The number of esters is 1. The van der Waals surface area contributed by atoms with Crippen molar-refractivity contribution < 1.29 is 22.7 Å². The summed E-state index contributed by atoms with van der Waals surface area (Å²) in [5.41, 5.74) is 1.72. The van der Waals surface area contributed by atoms with Gasteiger partial charge in [-0.05, 0) is 36.2 Å². The molecule has 0 fully saturated rings. The Morgan fingerprint density at radius 3 is 2.62 bits per heavy atom. The van der Waals surface area contributed by atoms with Crippen molar-refractivity contribution in [2.75, 3.05) is 6.61 Å². The summed E-state index contributed by atoms with van der Waals surface area (Å²) in [6, 6.07) is 13.3. The average Bonchev–Trinajstić information content (AvgIpc) is 3.48. The van der Waals surface area contributed by atoms with Crippen LogP contribution in [-0.4, -0.2) is 27.3 Å². The number of nitrogens with zero attached hydrogens (tertiary/aromatic N) is 3. The molecule has 0 saturated carbocycles. The molecule has 34 heavy (non-hydrogen) atoms. The van der Waals surface area contributed by atoms with Gasteiger partial charge in [0.1, 0.15) is 5.01 Å². The zero-order valence-corrected chi connectivity index (χ0v) is 18.9. The summed E-state index contributed by atoms with van der Waals surface area (Å²) in [6.45, 7) is 2.26. The fraction of sp³-hybridized carbons (Fsp3) is 0.160. The zero-order valence-electron chi connectivity index (χ0n) is 18.1. The molecular weight excluding hydrogens is 463 g/mol. The van der Waals surface area contributed by atoms with Gasteiger partial charge in [-0.25, -0.2) is 9.78 Å². The maximum absolute atomic E-state index is 13.6. The molecule has 0 unspecified atom stereocenters. The van der Waals surface area contributed by atoms with Crippen molar-refractivity contribution in [1.82, 2.24) is 14.8 Å². The van der Waals surface area contributed by atoms with E-state index in [0.29, 0.717) is 27.4 Å². The van der Waals surface area contributed by atoms with Crippen LogP contribution in [0, 0.1) is 0 Å². The number of rotatable bonds is 7. The SMILES string of the molecule is CCOC(=O)c1cnn(Cc2nc(-c3cc(C=Cc4ccccc4)cc(C(F)(F)F)c3)cs2)c1. The molecule has 2 aromatic carbocycles. The summed E-state index contributed by atoms with van der Waals surface area (Å²) in [6.07, 6.45) is 1.90. The highest BCUT2D eigenvalue weighted by atomic mass is 32.1. The molecule has 0 N–H and O–H groups in total. The first-order valence-corrected chi connectivity index (χ1v) is 11.3. The van der Waals surface area contributed by atoms with Crippen molar-refractivity contribution in [2.45, 2.75) is 19.6 Å². The Hall–Kier alpha value is -3.72. The van der Waals surface area contributed by atoms with E-state index >= 15 is 0 Å². The second kappa shape index (κ2) is 10.0. The number of hydrogen-bond acceptors (Lipinski definition) is 5. The molecule has 0 saturated heterocycles. The van der Waals surface area contributed by atoms with E-state index in [0.717, 1.165) is 17.7 Å². The molecule has 0 aliphatic heterocycles. The summed E-state index contributed by atoms with van der Waals surface area (Å²) in [4.78, 5) is 16.3. The van der Waals surface area contributed by atoms with Gasteiger partial charge in [0.25, 0.3) is 0 Å². The molecule has 0 spiro atoms. The van der Waals surface area contributed by atoms with Crippen LogP contribution < -0.4 is 0 Å². The lowest BCUT2D eigenvalue weighted by atomic mass is 10.0. The third kappa shape index (κ3) is 5.79. The van der Waals surface area contributed by atoms with Crippen molar-refractivity contribution in [3.63, 3.8) is 0 Å². The Bertz CT molecular complexity index is 1310. The van der Waals surface area contributed by atoms with Crippen LogP contribution in [-0.2, 0) is 17.5 Å². The first-order valence-electron chi connectivity index (χ1n) is 10.4. The molecule has 174 valence electrons. The third-order valence-electron chi connectivity index (χ3n) is 4.84. The Morgan fingerprint density at radius 1 is 1.12 bits per heavy atom. The molecule has 9 heteroatoms. The summed E-state index contributed by atoms with van der Waals surface area (Å²) in [5.74, 6) is -0.464. The van der Waals surface area contributed by atoms with Gasteiger partial charge in [0.05, 0.1) is 36.2 Å². The van der Waals surface area contributed by atoms with E-state index in [1.165, 1.54) is 22.2 Å². The lowest BCUT2D eigenvalue weighted by Crippen LogP contribution is -2.05. The highest BCUT2D eigenvalue weighted by Crippen LogP contribution is 2.34. The number of thiazole rings is 1. The number of aromatic nitrogens is 3. The van der Waals surface area contributed by atoms with Gasteiger partial charge in [-0.15, -0.1) is 11.3 Å². The average molecular weight is 484 g/mol. The predicted molar refractivity (Wildman–Crippen MR) is 125 cm³/mol. The van der Waals surface area contributed by atoms with E-state index in [-0.39, 0.29) is 13.2 Å². The molecule has 4 aromatic rings. The Morgan fingerprint density at radius 2 is 1.88 bits per heavy atom. The molecule has 0 aliphatic carbocycles. The number of benzene rings is 2. The number of hydrogen-bond donors (Lipinski definition) is 0. The standard InChI is InChI=1S/C25H20F3N3O2S/c1-2-33-24(32)20-13-29-31(14-20)15-23-30-22(16-34-23)19-10-18(11-21(12-19)25(26,27)28)9-8-17-6-4-3-5-7-17/h3-14,16H,2,15H2,1H3. The first kappa shape index (κ1) is 23.4. The van der Waals surface area contributed by atoms with Crippen LogP contribution in [0.15, 0.2) is 66.3 Å². The number of alkyl halides is 3. The Kier molecular flexibility index (Phi) is 6.93. The maximum Gasteiger partial charge on any atom is 0.416 e. The molecular formula is C25H20F3N3O2S. The molecule has 2 heterocycles. The lowest BCUT2D eigenvalue weighted by molar-refractivity contribution is -0.137. The minimum atomic E-state index is -4.48. The van der Waals surface area contributed by atoms with E-state index < -0.39 is 17.7 Å². The topological polar surface area (TPSA) is 57.0 Å².